The predicted molar refractivity (Wildman–Crippen MR) is 288 cm³/mol. The minimum absolute atomic E-state index is 0.0163. The summed E-state index contributed by atoms with van der Waals surface area (Å²) in [6.45, 7) is 13.2. The van der Waals surface area contributed by atoms with Crippen molar-refractivity contribution in [3.8, 4) is 0 Å². The van der Waals surface area contributed by atoms with Crippen LogP contribution in [0.25, 0.3) is 0 Å². The number of unbranched alkanes of at least 4 members (excludes halogenated alkanes) is 24. The van der Waals surface area contributed by atoms with Gasteiger partial charge in [0.2, 0.25) is 0 Å². The van der Waals surface area contributed by atoms with Gasteiger partial charge in [-0.2, -0.15) is 0 Å². The van der Waals surface area contributed by atoms with Crippen molar-refractivity contribution in [2.24, 2.45) is 0 Å². The van der Waals surface area contributed by atoms with Crippen LogP contribution in [0, 0.1) is 0 Å². The van der Waals surface area contributed by atoms with Crippen LogP contribution in [0.3, 0.4) is 0 Å². The van der Waals surface area contributed by atoms with E-state index in [0.29, 0.717) is 32.4 Å². The van der Waals surface area contributed by atoms with Crippen LogP contribution in [0.2, 0.25) is 0 Å². The standard InChI is InChI=1S/C59H116N2O7/c1-8-13-18-31-41-54(42-32-19-14-9-2)66-57(63)47-37-28-24-22-26-35-45-56(68-59(65)61(51-39-50-60(6)7)52-49-53(62)40-30-17-12-5)46-36-27-23-25-29-38-48-58(64)67-55(43-33-20-15-10-3)44-34-21-16-11-4/h53-56,62H,8-52H2,1-7H3. The van der Waals surface area contributed by atoms with E-state index in [1.807, 2.05) is 4.90 Å². The molecule has 0 spiro atoms. The number of hydrogen-bond donors (Lipinski definition) is 1. The molecule has 0 aromatic rings. The molecule has 0 fully saturated rings. The summed E-state index contributed by atoms with van der Waals surface area (Å²) >= 11 is 0. The van der Waals surface area contributed by atoms with Gasteiger partial charge in [0.25, 0.3) is 0 Å². The molecule has 1 N–H and O–H groups in total. The van der Waals surface area contributed by atoms with Crippen LogP contribution >= 0.6 is 0 Å². The Bertz CT molecular complexity index is 1020. The summed E-state index contributed by atoms with van der Waals surface area (Å²) in [6.07, 6.45) is 43.6. The van der Waals surface area contributed by atoms with Gasteiger partial charge in [0.05, 0.1) is 6.10 Å². The van der Waals surface area contributed by atoms with E-state index in [9.17, 15) is 19.5 Å². The Kier molecular flexibility index (Phi) is 48.7. The van der Waals surface area contributed by atoms with Crippen LogP contribution in [0.1, 0.15) is 304 Å². The Morgan fingerprint density at radius 3 is 1.03 bits per heavy atom. The smallest absolute Gasteiger partial charge is 0.410 e. The van der Waals surface area contributed by atoms with E-state index < -0.39 is 6.10 Å². The zero-order valence-corrected chi connectivity index (χ0v) is 46.4. The third-order valence-corrected chi connectivity index (χ3v) is 13.9. The van der Waals surface area contributed by atoms with Crippen molar-refractivity contribution in [3.63, 3.8) is 0 Å². The molecule has 0 radical (unpaired) electrons. The lowest BCUT2D eigenvalue weighted by atomic mass is 10.0. The number of esters is 2. The van der Waals surface area contributed by atoms with Crippen LogP contribution in [0.4, 0.5) is 4.79 Å². The fourth-order valence-corrected chi connectivity index (χ4v) is 9.34. The Labute approximate surface area is 422 Å². The fraction of sp³-hybridized carbons (Fsp3) is 0.949. The summed E-state index contributed by atoms with van der Waals surface area (Å²) in [5.74, 6) is -0.0326. The number of carbonyl (C=O) groups excluding carboxylic acids is 3. The van der Waals surface area contributed by atoms with Gasteiger partial charge in [-0.05, 0) is 130 Å². The van der Waals surface area contributed by atoms with Gasteiger partial charge in [-0.1, -0.05) is 182 Å². The lowest BCUT2D eigenvalue weighted by Crippen LogP contribution is -2.38. The molecule has 9 heteroatoms. The van der Waals surface area contributed by atoms with Crippen molar-refractivity contribution in [2.75, 3.05) is 33.7 Å². The van der Waals surface area contributed by atoms with Gasteiger partial charge in [-0.15, -0.1) is 0 Å². The van der Waals surface area contributed by atoms with Crippen molar-refractivity contribution in [1.82, 2.24) is 9.80 Å². The van der Waals surface area contributed by atoms with Crippen LogP contribution in [-0.2, 0) is 23.8 Å². The summed E-state index contributed by atoms with van der Waals surface area (Å²) < 4.78 is 18.4. The molecule has 9 nitrogen and oxygen atoms in total. The molecule has 1 amide bonds. The molecule has 0 aliphatic rings. The second kappa shape index (κ2) is 50.1. The maximum Gasteiger partial charge on any atom is 0.410 e. The lowest BCUT2D eigenvalue weighted by molar-refractivity contribution is -0.151. The number of amides is 1. The van der Waals surface area contributed by atoms with E-state index in [2.05, 4.69) is 53.6 Å². The highest BCUT2D eigenvalue weighted by Gasteiger charge is 2.22. The molecule has 0 saturated carbocycles. The van der Waals surface area contributed by atoms with E-state index in [0.717, 1.165) is 180 Å². The highest BCUT2D eigenvalue weighted by atomic mass is 16.6. The molecular formula is C59H116N2O7. The number of rotatable bonds is 52. The normalized spacial score (nSPS) is 12.2. The number of aliphatic hydroxyl groups is 1. The predicted octanol–water partition coefficient (Wildman–Crippen LogP) is 17.0. The molecule has 0 rings (SSSR count). The number of carbonyl (C=O) groups is 3. The van der Waals surface area contributed by atoms with Crippen LogP contribution in [0.5, 0.6) is 0 Å². The monoisotopic (exact) mass is 965 g/mol. The summed E-state index contributed by atoms with van der Waals surface area (Å²) in [6, 6.07) is 0. The van der Waals surface area contributed by atoms with Crippen molar-refractivity contribution in [2.45, 2.75) is 329 Å². The summed E-state index contributed by atoms with van der Waals surface area (Å²) in [5, 5.41) is 10.7. The second-order valence-electron chi connectivity index (χ2n) is 21.0. The number of nitrogens with zero attached hydrogens (tertiary/aromatic N) is 2. The van der Waals surface area contributed by atoms with Gasteiger partial charge in [0, 0.05) is 25.9 Å². The van der Waals surface area contributed by atoms with E-state index >= 15 is 0 Å². The summed E-state index contributed by atoms with van der Waals surface area (Å²) in [7, 11) is 4.12. The van der Waals surface area contributed by atoms with Crippen molar-refractivity contribution < 1.29 is 33.7 Å². The van der Waals surface area contributed by atoms with Gasteiger partial charge < -0.3 is 29.1 Å². The van der Waals surface area contributed by atoms with E-state index in [1.165, 1.54) is 77.0 Å². The quantitative estimate of drug-likeness (QED) is 0.0365. The average Bonchev–Trinajstić information content (AvgIpc) is 3.31. The van der Waals surface area contributed by atoms with Gasteiger partial charge in [-0.25, -0.2) is 4.79 Å². The molecule has 0 aromatic heterocycles. The van der Waals surface area contributed by atoms with Crippen LogP contribution in [-0.4, -0.2) is 91.1 Å². The van der Waals surface area contributed by atoms with Crippen LogP contribution < -0.4 is 0 Å². The number of ether oxygens (including phenoxy) is 3. The molecule has 1 atom stereocenters. The third kappa shape index (κ3) is 44.1. The van der Waals surface area contributed by atoms with Crippen molar-refractivity contribution >= 4 is 18.0 Å². The molecular weight excluding hydrogens is 849 g/mol. The number of aliphatic hydroxyl groups excluding tert-OH is 1. The Morgan fingerprint density at radius 1 is 0.353 bits per heavy atom. The first-order valence-electron chi connectivity index (χ1n) is 29.8. The Balaban J connectivity index is 5.10. The van der Waals surface area contributed by atoms with E-state index in [-0.39, 0.29) is 36.3 Å². The van der Waals surface area contributed by atoms with Crippen molar-refractivity contribution in [3.05, 3.63) is 0 Å². The van der Waals surface area contributed by atoms with Gasteiger partial charge >= 0.3 is 18.0 Å². The first-order valence-corrected chi connectivity index (χ1v) is 29.8. The Morgan fingerprint density at radius 2 is 0.662 bits per heavy atom. The lowest BCUT2D eigenvalue weighted by Gasteiger charge is -2.27. The highest BCUT2D eigenvalue weighted by Crippen LogP contribution is 2.22. The minimum atomic E-state index is -0.395. The first-order chi connectivity index (χ1) is 33.1. The molecule has 0 bridgehead atoms. The molecule has 0 aliphatic heterocycles. The van der Waals surface area contributed by atoms with Gasteiger partial charge in [-0.3, -0.25) is 9.59 Å². The SMILES string of the molecule is CCCCCCC(CCCCCC)OC(=O)CCCCCCCCC(CCCCCCCCC(=O)OC(CCCCCC)CCCCCC)OC(=O)N(CCCN(C)C)CCC(O)CCCCC. The maximum atomic E-state index is 13.8. The van der Waals surface area contributed by atoms with E-state index in [1.54, 1.807) is 0 Å². The molecule has 1 unspecified atom stereocenters. The zero-order chi connectivity index (χ0) is 50.1. The summed E-state index contributed by atoms with van der Waals surface area (Å²) in [4.78, 5) is 43.4. The fourth-order valence-electron chi connectivity index (χ4n) is 9.34. The third-order valence-electron chi connectivity index (χ3n) is 13.9. The van der Waals surface area contributed by atoms with Crippen molar-refractivity contribution in [1.29, 1.82) is 0 Å². The van der Waals surface area contributed by atoms with Gasteiger partial charge in [0.1, 0.15) is 18.3 Å². The number of hydrogen-bond acceptors (Lipinski definition) is 8. The molecule has 0 aromatic carbocycles. The summed E-state index contributed by atoms with van der Waals surface area (Å²) in [5.41, 5.74) is 0. The molecule has 68 heavy (non-hydrogen) atoms. The van der Waals surface area contributed by atoms with Crippen LogP contribution in [0.15, 0.2) is 0 Å². The average molecular weight is 966 g/mol. The van der Waals surface area contributed by atoms with E-state index in [4.69, 9.17) is 14.2 Å². The zero-order valence-electron chi connectivity index (χ0n) is 46.4. The highest BCUT2D eigenvalue weighted by molar-refractivity contribution is 5.70. The molecule has 0 heterocycles. The minimum Gasteiger partial charge on any atom is -0.462 e. The topological polar surface area (TPSA) is 106 Å². The Hall–Kier alpha value is -1.87. The second-order valence-corrected chi connectivity index (χ2v) is 21.0. The molecule has 0 saturated heterocycles. The maximum absolute atomic E-state index is 13.8. The van der Waals surface area contributed by atoms with Gasteiger partial charge in [0.15, 0.2) is 0 Å². The molecule has 404 valence electrons. The first kappa shape index (κ1) is 66.1. The largest absolute Gasteiger partial charge is 0.462 e. The molecule has 0 aliphatic carbocycles.